The Morgan fingerprint density at radius 1 is 1.15 bits per heavy atom. The van der Waals surface area contributed by atoms with Crippen LogP contribution in [0.4, 0.5) is 0 Å². The van der Waals surface area contributed by atoms with Crippen LogP contribution in [0.1, 0.15) is 28.3 Å². The molecule has 0 saturated heterocycles. The van der Waals surface area contributed by atoms with Gasteiger partial charge in [0.2, 0.25) is 0 Å². The first-order chi connectivity index (χ1) is 9.69. The van der Waals surface area contributed by atoms with Gasteiger partial charge in [-0.2, -0.15) is 0 Å². The van der Waals surface area contributed by atoms with Crippen molar-refractivity contribution in [2.45, 2.75) is 36.5 Å². The van der Waals surface area contributed by atoms with Gasteiger partial charge >= 0.3 is 0 Å². The maximum absolute atomic E-state index is 3.54. The maximum Gasteiger partial charge on any atom is 0.0447 e. The second kappa shape index (κ2) is 5.63. The summed E-state index contributed by atoms with van der Waals surface area (Å²) in [5.41, 5.74) is 5.66. The zero-order chi connectivity index (χ0) is 14.1. The monoisotopic (exact) mass is 283 g/mol. The molecule has 1 heterocycles. The average molecular weight is 283 g/mol. The molecule has 2 atom stereocenters. The van der Waals surface area contributed by atoms with Gasteiger partial charge in [0, 0.05) is 16.2 Å². The third-order valence-electron chi connectivity index (χ3n) is 4.12. The highest BCUT2D eigenvalue weighted by atomic mass is 32.2. The standard InChI is InChI=1S/C18H21NS/c1-12-8-9-13(2)15(10-12)18(19-3)17-11-14-6-4-5-7-16(14)20-17/h4-10,17-19H,11H2,1-3H3. The summed E-state index contributed by atoms with van der Waals surface area (Å²) in [6, 6.07) is 16.0. The van der Waals surface area contributed by atoms with E-state index in [0.717, 1.165) is 6.42 Å². The average Bonchev–Trinajstić information content (AvgIpc) is 2.87. The molecular weight excluding hydrogens is 262 g/mol. The van der Waals surface area contributed by atoms with E-state index in [0.29, 0.717) is 11.3 Å². The van der Waals surface area contributed by atoms with Crippen LogP contribution in [0.5, 0.6) is 0 Å². The second-order valence-electron chi connectivity index (χ2n) is 5.59. The van der Waals surface area contributed by atoms with E-state index in [1.54, 1.807) is 0 Å². The Morgan fingerprint density at radius 3 is 2.70 bits per heavy atom. The lowest BCUT2D eigenvalue weighted by molar-refractivity contribution is 0.565. The summed E-state index contributed by atoms with van der Waals surface area (Å²) in [6.45, 7) is 4.39. The number of rotatable bonds is 3. The molecule has 2 heteroatoms. The normalized spacial score (nSPS) is 18.9. The van der Waals surface area contributed by atoms with E-state index < -0.39 is 0 Å². The molecule has 0 spiro atoms. The van der Waals surface area contributed by atoms with Crippen molar-refractivity contribution >= 4 is 11.8 Å². The maximum atomic E-state index is 3.54. The summed E-state index contributed by atoms with van der Waals surface area (Å²) in [5.74, 6) is 0. The van der Waals surface area contributed by atoms with Crippen molar-refractivity contribution < 1.29 is 0 Å². The van der Waals surface area contributed by atoms with Gasteiger partial charge in [0.15, 0.2) is 0 Å². The van der Waals surface area contributed by atoms with Gasteiger partial charge in [-0.05, 0) is 50.1 Å². The van der Waals surface area contributed by atoms with E-state index >= 15 is 0 Å². The highest BCUT2D eigenvalue weighted by Gasteiger charge is 2.30. The zero-order valence-corrected chi connectivity index (χ0v) is 13.1. The van der Waals surface area contributed by atoms with Gasteiger partial charge in [0.25, 0.3) is 0 Å². The van der Waals surface area contributed by atoms with Crippen molar-refractivity contribution in [3.05, 3.63) is 64.7 Å². The van der Waals surface area contributed by atoms with Crippen molar-refractivity contribution in [2.75, 3.05) is 7.05 Å². The van der Waals surface area contributed by atoms with E-state index in [1.165, 1.54) is 27.1 Å². The quantitative estimate of drug-likeness (QED) is 0.902. The van der Waals surface area contributed by atoms with E-state index in [9.17, 15) is 0 Å². The molecule has 0 bridgehead atoms. The Balaban J connectivity index is 1.91. The number of nitrogens with one attached hydrogen (secondary N) is 1. The Labute approximate surface area is 125 Å². The van der Waals surface area contributed by atoms with Crippen LogP contribution in [0.3, 0.4) is 0 Å². The number of thioether (sulfide) groups is 1. The van der Waals surface area contributed by atoms with E-state index in [4.69, 9.17) is 0 Å². The van der Waals surface area contributed by atoms with Gasteiger partial charge in [-0.3, -0.25) is 0 Å². The fourth-order valence-corrected chi connectivity index (χ4v) is 4.50. The van der Waals surface area contributed by atoms with E-state index in [2.05, 4.69) is 68.7 Å². The molecule has 0 saturated carbocycles. The van der Waals surface area contributed by atoms with Crippen molar-refractivity contribution in [3.63, 3.8) is 0 Å². The first-order valence-corrected chi connectivity index (χ1v) is 8.06. The minimum atomic E-state index is 0.410. The van der Waals surface area contributed by atoms with Crippen molar-refractivity contribution in [1.29, 1.82) is 0 Å². The van der Waals surface area contributed by atoms with Crippen LogP contribution in [0, 0.1) is 13.8 Å². The molecule has 0 fully saturated rings. The van der Waals surface area contributed by atoms with Crippen LogP contribution in [0.2, 0.25) is 0 Å². The minimum Gasteiger partial charge on any atom is -0.312 e. The Morgan fingerprint density at radius 2 is 1.95 bits per heavy atom. The van der Waals surface area contributed by atoms with Gasteiger partial charge in [-0.15, -0.1) is 11.8 Å². The summed E-state index contributed by atoms with van der Waals surface area (Å²) in [5, 5.41) is 4.12. The van der Waals surface area contributed by atoms with Crippen LogP contribution in [0.25, 0.3) is 0 Å². The summed E-state index contributed by atoms with van der Waals surface area (Å²) in [4.78, 5) is 1.45. The molecule has 0 amide bonds. The molecule has 104 valence electrons. The van der Waals surface area contributed by atoms with Crippen LogP contribution >= 0.6 is 11.8 Å². The lowest BCUT2D eigenvalue weighted by Crippen LogP contribution is -2.27. The molecule has 1 N–H and O–H groups in total. The minimum absolute atomic E-state index is 0.410. The molecule has 1 nitrogen and oxygen atoms in total. The van der Waals surface area contributed by atoms with Crippen molar-refractivity contribution in [1.82, 2.24) is 5.32 Å². The van der Waals surface area contributed by atoms with Gasteiger partial charge < -0.3 is 5.32 Å². The predicted octanol–water partition coefficient (Wildman–Crippen LogP) is 4.28. The van der Waals surface area contributed by atoms with Crippen molar-refractivity contribution in [3.8, 4) is 0 Å². The van der Waals surface area contributed by atoms with Crippen LogP contribution in [-0.4, -0.2) is 12.3 Å². The predicted molar refractivity (Wildman–Crippen MR) is 87.5 cm³/mol. The van der Waals surface area contributed by atoms with E-state index in [-0.39, 0.29) is 0 Å². The van der Waals surface area contributed by atoms with E-state index in [1.807, 2.05) is 11.8 Å². The molecule has 2 aromatic rings. The third kappa shape index (κ3) is 2.50. The van der Waals surface area contributed by atoms with Gasteiger partial charge in [-0.1, -0.05) is 42.0 Å². The lowest BCUT2D eigenvalue weighted by atomic mass is 9.94. The fourth-order valence-electron chi connectivity index (χ4n) is 3.03. The highest BCUT2D eigenvalue weighted by molar-refractivity contribution is 8.00. The second-order valence-corrected chi connectivity index (χ2v) is 6.88. The SMILES string of the molecule is CNC(c1cc(C)ccc1C)C1Cc2ccccc2S1. The van der Waals surface area contributed by atoms with Gasteiger partial charge in [-0.25, -0.2) is 0 Å². The molecule has 20 heavy (non-hydrogen) atoms. The summed E-state index contributed by atoms with van der Waals surface area (Å²) in [7, 11) is 2.08. The Hall–Kier alpha value is -1.25. The molecule has 0 aromatic heterocycles. The van der Waals surface area contributed by atoms with Gasteiger partial charge in [0.05, 0.1) is 0 Å². The number of benzene rings is 2. The largest absolute Gasteiger partial charge is 0.312 e. The van der Waals surface area contributed by atoms with Crippen LogP contribution in [0.15, 0.2) is 47.4 Å². The zero-order valence-electron chi connectivity index (χ0n) is 12.3. The molecule has 0 aliphatic carbocycles. The first-order valence-electron chi connectivity index (χ1n) is 7.18. The molecule has 0 radical (unpaired) electrons. The summed E-state index contributed by atoms with van der Waals surface area (Å²) < 4.78 is 0. The summed E-state index contributed by atoms with van der Waals surface area (Å²) >= 11 is 2.02. The fraction of sp³-hybridized carbons (Fsp3) is 0.333. The third-order valence-corrected chi connectivity index (χ3v) is 5.52. The first kappa shape index (κ1) is 13.7. The molecular formula is C18H21NS. The molecule has 3 rings (SSSR count). The highest BCUT2D eigenvalue weighted by Crippen LogP contribution is 2.43. The number of aryl methyl sites for hydroxylation is 2. The lowest BCUT2D eigenvalue weighted by Gasteiger charge is -2.25. The number of fused-ring (bicyclic) bond motifs is 1. The van der Waals surface area contributed by atoms with Crippen LogP contribution in [-0.2, 0) is 6.42 Å². The Kier molecular flexibility index (Phi) is 3.86. The summed E-state index contributed by atoms with van der Waals surface area (Å²) in [6.07, 6.45) is 1.15. The number of hydrogen-bond donors (Lipinski definition) is 1. The molecule has 1 aliphatic rings. The molecule has 2 aromatic carbocycles. The molecule has 1 aliphatic heterocycles. The van der Waals surface area contributed by atoms with Crippen LogP contribution < -0.4 is 5.32 Å². The van der Waals surface area contributed by atoms with Gasteiger partial charge in [0.1, 0.15) is 0 Å². The Bertz CT molecular complexity index is 596. The van der Waals surface area contributed by atoms with Crippen molar-refractivity contribution in [2.24, 2.45) is 0 Å². The number of hydrogen-bond acceptors (Lipinski definition) is 2. The smallest absolute Gasteiger partial charge is 0.0447 e. The topological polar surface area (TPSA) is 12.0 Å². The molecule has 2 unspecified atom stereocenters.